The van der Waals surface area contributed by atoms with Gasteiger partial charge in [-0.1, -0.05) is 93.9 Å². The van der Waals surface area contributed by atoms with Gasteiger partial charge in [-0.3, -0.25) is 8.97 Å². The largest absolute Gasteiger partial charge is 0.291 e. The van der Waals surface area contributed by atoms with E-state index < -0.39 is 0 Å². The van der Waals surface area contributed by atoms with Crippen molar-refractivity contribution < 1.29 is 0 Å². The van der Waals surface area contributed by atoms with Crippen LogP contribution in [-0.4, -0.2) is 23.9 Å². The van der Waals surface area contributed by atoms with Crippen molar-refractivity contribution in [3.63, 3.8) is 0 Å². The van der Waals surface area contributed by atoms with Gasteiger partial charge in [-0.25, -0.2) is 15.0 Å². The lowest BCUT2D eigenvalue weighted by molar-refractivity contribution is 0.995. The molecule has 4 heterocycles. The van der Waals surface area contributed by atoms with E-state index in [1.807, 2.05) is 0 Å². The molecule has 4 aromatic heterocycles. The van der Waals surface area contributed by atoms with Gasteiger partial charge < -0.3 is 0 Å². The molecule has 0 radical (unpaired) electrons. The Morgan fingerprint density at radius 3 is 1.90 bits per heavy atom. The molecule has 0 aliphatic heterocycles. The second-order valence-corrected chi connectivity index (χ2v) is 15.3. The summed E-state index contributed by atoms with van der Waals surface area (Å²) in [6.07, 6.45) is 0. The van der Waals surface area contributed by atoms with Crippen molar-refractivity contribution in [1.82, 2.24) is 23.9 Å². The van der Waals surface area contributed by atoms with E-state index >= 15 is 0 Å². The number of rotatable bonds is 4. The molecule has 8 heteroatoms. The summed E-state index contributed by atoms with van der Waals surface area (Å²) >= 11 is 4.67. The highest BCUT2D eigenvalue weighted by Gasteiger charge is 2.22. The lowest BCUT2D eigenvalue weighted by Gasteiger charge is -2.13. The van der Waals surface area contributed by atoms with Gasteiger partial charge in [-0.15, -0.1) is 0 Å². The number of aromatic nitrogens is 5. The van der Waals surface area contributed by atoms with Crippen LogP contribution in [0.5, 0.6) is 0 Å². The molecule has 0 aliphatic carbocycles. The van der Waals surface area contributed by atoms with E-state index in [4.69, 9.17) is 15.0 Å². The first-order valence-electron chi connectivity index (χ1n) is 15.8. The van der Waals surface area contributed by atoms with Crippen molar-refractivity contribution in [2.24, 2.45) is 0 Å². The normalized spacial score (nSPS) is 12.0. The van der Waals surface area contributed by atoms with Gasteiger partial charge in [0, 0.05) is 62.3 Å². The number of para-hydroxylation sites is 3. The summed E-state index contributed by atoms with van der Waals surface area (Å²) in [4.78, 5) is 17.0. The summed E-state index contributed by atoms with van der Waals surface area (Å²) in [5, 5.41) is 5.81. The van der Waals surface area contributed by atoms with Crippen LogP contribution in [0.3, 0.4) is 0 Å². The van der Waals surface area contributed by atoms with Crippen LogP contribution in [0.15, 0.2) is 144 Å². The zero-order valence-corrected chi connectivity index (χ0v) is 30.8. The Morgan fingerprint density at radius 1 is 0.531 bits per heavy atom. The first-order chi connectivity index (χ1) is 24.2. The van der Waals surface area contributed by atoms with Crippen LogP contribution in [-0.2, 0) is 0 Å². The SMILES string of the molecule is ISc1ccc(-c2cc(-c3ccc(I)cc3)nc(-n3c4ccccc4c4c3ccc3c5ccccc5c5nc6ccccc6n5c34)n2)cc1. The Balaban J connectivity index is 1.36. The van der Waals surface area contributed by atoms with Gasteiger partial charge in [-0.05, 0) is 82.6 Å². The minimum atomic E-state index is 0.636. The Hall–Kier alpha value is -4.52. The molecule has 0 unspecified atom stereocenters. The fourth-order valence-corrected chi connectivity index (χ4v) is 8.66. The first-order valence-corrected chi connectivity index (χ1v) is 20.3. The number of benzene rings is 6. The molecule has 10 rings (SSSR count). The number of fused-ring (bicyclic) bond motifs is 12. The van der Waals surface area contributed by atoms with E-state index in [-0.39, 0.29) is 0 Å². The molecule has 0 saturated heterocycles. The van der Waals surface area contributed by atoms with E-state index in [0.717, 1.165) is 71.9 Å². The molecule has 49 heavy (non-hydrogen) atoms. The molecule has 10 aromatic rings. The van der Waals surface area contributed by atoms with Crippen molar-refractivity contribution in [3.8, 4) is 28.5 Å². The highest BCUT2D eigenvalue weighted by molar-refractivity contribution is 14.2. The third-order valence-electron chi connectivity index (χ3n) is 9.35. The van der Waals surface area contributed by atoms with Gasteiger partial charge in [0.25, 0.3) is 0 Å². The summed E-state index contributed by atoms with van der Waals surface area (Å²) < 4.78 is 5.77. The first kappa shape index (κ1) is 29.4. The van der Waals surface area contributed by atoms with Crippen molar-refractivity contribution in [2.75, 3.05) is 0 Å². The molecular weight excluding hydrogens is 848 g/mol. The molecule has 0 aliphatic rings. The Bertz CT molecular complexity index is 2930. The molecular formula is C41H23I2N5S. The van der Waals surface area contributed by atoms with Gasteiger partial charge in [0.1, 0.15) is 5.65 Å². The third-order valence-corrected chi connectivity index (χ3v) is 12.0. The average Bonchev–Trinajstić information content (AvgIpc) is 3.72. The zero-order valence-electron chi connectivity index (χ0n) is 25.7. The van der Waals surface area contributed by atoms with E-state index in [1.54, 1.807) is 8.93 Å². The summed E-state index contributed by atoms with van der Waals surface area (Å²) in [5.41, 5.74) is 10.1. The maximum Gasteiger partial charge on any atom is 0.235 e. The second kappa shape index (κ2) is 11.5. The molecule has 0 atom stereocenters. The molecule has 0 N–H and O–H groups in total. The van der Waals surface area contributed by atoms with Crippen molar-refractivity contribution in [1.29, 1.82) is 0 Å². The summed E-state index contributed by atoms with van der Waals surface area (Å²) in [7, 11) is 1.71. The highest BCUT2D eigenvalue weighted by atomic mass is 127. The van der Waals surface area contributed by atoms with E-state index in [2.05, 4.69) is 192 Å². The van der Waals surface area contributed by atoms with Gasteiger partial charge in [0.05, 0.1) is 39.0 Å². The van der Waals surface area contributed by atoms with Crippen molar-refractivity contribution in [2.45, 2.75) is 4.90 Å². The smallest absolute Gasteiger partial charge is 0.235 e. The fraction of sp³-hybridized carbons (Fsp3) is 0. The van der Waals surface area contributed by atoms with Crippen LogP contribution < -0.4 is 0 Å². The Morgan fingerprint density at radius 2 is 1.16 bits per heavy atom. The number of imidazole rings is 1. The average molecular weight is 872 g/mol. The third kappa shape index (κ3) is 4.60. The molecule has 0 bridgehead atoms. The van der Waals surface area contributed by atoms with Gasteiger partial charge in [-0.2, -0.15) is 0 Å². The predicted molar refractivity (Wildman–Crippen MR) is 221 cm³/mol. The number of pyridine rings is 1. The number of halogens is 2. The number of hydrogen-bond acceptors (Lipinski definition) is 4. The maximum atomic E-state index is 5.30. The molecule has 0 spiro atoms. The van der Waals surface area contributed by atoms with Crippen molar-refractivity contribution >= 4 is 113 Å². The lowest BCUT2D eigenvalue weighted by Crippen LogP contribution is -2.04. The minimum absolute atomic E-state index is 0.636. The van der Waals surface area contributed by atoms with Crippen LogP contribution >= 0.6 is 52.7 Å². The summed E-state index contributed by atoms with van der Waals surface area (Å²) in [6, 6.07) is 49.4. The molecule has 232 valence electrons. The summed E-state index contributed by atoms with van der Waals surface area (Å²) in [5.74, 6) is 0.636. The number of nitrogens with zero attached hydrogens (tertiary/aromatic N) is 5. The predicted octanol–water partition coefficient (Wildman–Crippen LogP) is 12.1. The van der Waals surface area contributed by atoms with Gasteiger partial charge in [0.2, 0.25) is 5.95 Å². The van der Waals surface area contributed by atoms with Crippen LogP contribution in [0.2, 0.25) is 0 Å². The van der Waals surface area contributed by atoms with Crippen molar-refractivity contribution in [3.05, 3.63) is 143 Å². The fourth-order valence-electron chi connectivity index (χ4n) is 7.18. The van der Waals surface area contributed by atoms with Gasteiger partial charge in [0.15, 0.2) is 0 Å². The van der Waals surface area contributed by atoms with E-state index in [0.29, 0.717) is 5.95 Å². The highest BCUT2D eigenvalue weighted by Crippen LogP contribution is 2.41. The molecule has 0 fully saturated rings. The Labute approximate surface area is 310 Å². The molecule has 0 saturated carbocycles. The maximum absolute atomic E-state index is 5.30. The molecule has 0 amide bonds. The zero-order chi connectivity index (χ0) is 32.6. The second-order valence-electron chi connectivity index (χ2n) is 12.1. The monoisotopic (exact) mass is 871 g/mol. The quantitative estimate of drug-likeness (QED) is 0.131. The van der Waals surface area contributed by atoms with E-state index in [1.165, 1.54) is 19.2 Å². The van der Waals surface area contributed by atoms with Gasteiger partial charge >= 0.3 is 0 Å². The molecule has 5 nitrogen and oxygen atoms in total. The lowest BCUT2D eigenvalue weighted by atomic mass is 10.0. The summed E-state index contributed by atoms with van der Waals surface area (Å²) in [6.45, 7) is 0. The standard InChI is InChI=1S/C41H23I2N5S/c42-26-17-13-24(14-18-26)33-23-34(25-15-19-27(49-43)20-16-25)46-41(45-33)47-35-11-5-3-9-31(35)38-37(47)22-21-29-28-7-1-2-8-30(28)40-44-32-10-4-6-12-36(32)48(40)39(29)38/h1-23H. The number of hydrogen-bond donors (Lipinski definition) is 0. The minimum Gasteiger partial charge on any atom is -0.291 e. The topological polar surface area (TPSA) is 48.0 Å². The van der Waals surface area contributed by atoms with Crippen LogP contribution in [0.4, 0.5) is 0 Å². The van der Waals surface area contributed by atoms with Crippen LogP contribution in [0.25, 0.3) is 88.6 Å². The van der Waals surface area contributed by atoms with Crippen LogP contribution in [0, 0.1) is 3.57 Å². The Kier molecular flexibility index (Phi) is 6.92. The van der Waals surface area contributed by atoms with E-state index in [9.17, 15) is 0 Å². The molecule has 6 aromatic carbocycles. The van der Waals surface area contributed by atoms with Crippen LogP contribution in [0.1, 0.15) is 0 Å².